The average molecular weight is 314 g/mol. The van der Waals surface area contributed by atoms with E-state index < -0.39 is 0 Å². The molecule has 14 heavy (non-hydrogen) atoms. The lowest BCUT2D eigenvalue weighted by Gasteiger charge is -2.03. The van der Waals surface area contributed by atoms with Gasteiger partial charge >= 0.3 is 0 Å². The van der Waals surface area contributed by atoms with Gasteiger partial charge in [-0.05, 0) is 56.1 Å². The molecule has 0 aliphatic carbocycles. The van der Waals surface area contributed by atoms with E-state index in [2.05, 4.69) is 41.8 Å². The molecule has 4 heteroatoms. The zero-order valence-corrected chi connectivity index (χ0v) is 10.3. The minimum Gasteiger partial charge on any atom is -0.253 e. The lowest BCUT2D eigenvalue weighted by molar-refractivity contribution is 1.22. The molecule has 0 spiro atoms. The SMILES string of the molecule is Brc1cccnc1-c1ncccc1Br. The second-order valence-corrected chi connectivity index (χ2v) is 4.38. The summed E-state index contributed by atoms with van der Waals surface area (Å²) in [6, 6.07) is 7.65. The number of hydrogen-bond donors (Lipinski definition) is 0. The van der Waals surface area contributed by atoms with Gasteiger partial charge in [0.2, 0.25) is 0 Å². The molecule has 2 aromatic rings. The number of aromatic nitrogens is 2. The summed E-state index contributed by atoms with van der Waals surface area (Å²) in [5.74, 6) is 0. The summed E-state index contributed by atoms with van der Waals surface area (Å²) in [4.78, 5) is 8.54. The molecule has 0 aromatic carbocycles. The van der Waals surface area contributed by atoms with Crippen LogP contribution in [0.5, 0.6) is 0 Å². The van der Waals surface area contributed by atoms with Crippen molar-refractivity contribution in [2.45, 2.75) is 0 Å². The van der Waals surface area contributed by atoms with E-state index >= 15 is 0 Å². The highest BCUT2D eigenvalue weighted by Crippen LogP contribution is 2.29. The molecule has 2 rings (SSSR count). The molecule has 0 aliphatic heterocycles. The summed E-state index contributed by atoms with van der Waals surface area (Å²) >= 11 is 6.89. The Morgan fingerprint density at radius 1 is 0.786 bits per heavy atom. The van der Waals surface area contributed by atoms with Crippen LogP contribution < -0.4 is 0 Å². The Bertz CT molecular complexity index is 414. The smallest absolute Gasteiger partial charge is 0.104 e. The van der Waals surface area contributed by atoms with Gasteiger partial charge in [-0.3, -0.25) is 9.97 Å². The van der Waals surface area contributed by atoms with E-state index in [0.29, 0.717) is 0 Å². The number of hydrogen-bond acceptors (Lipinski definition) is 2. The Kier molecular flexibility index (Phi) is 2.93. The summed E-state index contributed by atoms with van der Waals surface area (Å²) in [7, 11) is 0. The summed E-state index contributed by atoms with van der Waals surface area (Å²) < 4.78 is 1.89. The van der Waals surface area contributed by atoms with E-state index in [1.54, 1.807) is 12.4 Å². The second kappa shape index (κ2) is 4.19. The Balaban J connectivity index is 2.61. The molecule has 0 bridgehead atoms. The van der Waals surface area contributed by atoms with Gasteiger partial charge in [-0.15, -0.1) is 0 Å². The van der Waals surface area contributed by atoms with Crippen LogP contribution in [-0.4, -0.2) is 9.97 Å². The zero-order valence-electron chi connectivity index (χ0n) is 7.11. The van der Waals surface area contributed by atoms with Crippen LogP contribution in [-0.2, 0) is 0 Å². The molecule has 2 nitrogen and oxygen atoms in total. The topological polar surface area (TPSA) is 25.8 Å². The van der Waals surface area contributed by atoms with Crippen molar-refractivity contribution in [2.24, 2.45) is 0 Å². The van der Waals surface area contributed by atoms with Gasteiger partial charge in [0.15, 0.2) is 0 Å². The largest absolute Gasteiger partial charge is 0.253 e. The molecule has 0 amide bonds. The molecular formula is C10H6Br2N2. The summed E-state index contributed by atoms with van der Waals surface area (Å²) in [6.45, 7) is 0. The third-order valence-corrected chi connectivity index (χ3v) is 3.02. The zero-order chi connectivity index (χ0) is 9.97. The normalized spacial score (nSPS) is 10.1. The summed E-state index contributed by atoms with van der Waals surface area (Å²) in [5.41, 5.74) is 1.69. The molecule has 0 saturated heterocycles. The van der Waals surface area contributed by atoms with E-state index in [9.17, 15) is 0 Å². The van der Waals surface area contributed by atoms with Crippen molar-refractivity contribution >= 4 is 31.9 Å². The Hall–Kier alpha value is -0.740. The molecular weight excluding hydrogens is 308 g/mol. The van der Waals surface area contributed by atoms with Crippen molar-refractivity contribution in [3.05, 3.63) is 45.6 Å². The quantitative estimate of drug-likeness (QED) is 0.803. The lowest BCUT2D eigenvalue weighted by Crippen LogP contribution is -1.88. The first-order chi connectivity index (χ1) is 6.79. The first-order valence-corrected chi connectivity index (χ1v) is 5.59. The molecule has 0 N–H and O–H groups in total. The highest BCUT2D eigenvalue weighted by atomic mass is 79.9. The number of halogens is 2. The van der Waals surface area contributed by atoms with Crippen molar-refractivity contribution in [2.75, 3.05) is 0 Å². The van der Waals surface area contributed by atoms with Crippen LogP contribution in [0.15, 0.2) is 45.6 Å². The average Bonchev–Trinajstić information content (AvgIpc) is 2.20. The van der Waals surface area contributed by atoms with Crippen LogP contribution >= 0.6 is 31.9 Å². The summed E-state index contributed by atoms with van der Waals surface area (Å²) in [5, 5.41) is 0. The fourth-order valence-electron chi connectivity index (χ4n) is 1.12. The van der Waals surface area contributed by atoms with Crippen LogP contribution in [0, 0.1) is 0 Å². The van der Waals surface area contributed by atoms with Crippen molar-refractivity contribution < 1.29 is 0 Å². The molecule has 0 aliphatic rings. The van der Waals surface area contributed by atoms with Crippen LogP contribution in [0.3, 0.4) is 0 Å². The fourth-order valence-corrected chi connectivity index (χ4v) is 2.01. The minimum atomic E-state index is 0.847. The van der Waals surface area contributed by atoms with E-state index in [4.69, 9.17) is 0 Å². The molecule has 70 valence electrons. The Morgan fingerprint density at radius 3 is 1.57 bits per heavy atom. The fraction of sp³-hybridized carbons (Fsp3) is 0. The Morgan fingerprint density at radius 2 is 1.21 bits per heavy atom. The highest BCUT2D eigenvalue weighted by molar-refractivity contribution is 9.11. The lowest BCUT2D eigenvalue weighted by atomic mass is 10.2. The molecule has 2 aromatic heterocycles. The maximum atomic E-state index is 4.27. The Labute approximate surface area is 98.7 Å². The van der Waals surface area contributed by atoms with E-state index in [-0.39, 0.29) is 0 Å². The molecule has 0 fully saturated rings. The van der Waals surface area contributed by atoms with Gasteiger partial charge in [0.1, 0.15) is 11.4 Å². The maximum absolute atomic E-state index is 4.27. The van der Waals surface area contributed by atoms with E-state index in [1.807, 2.05) is 24.3 Å². The van der Waals surface area contributed by atoms with Crippen molar-refractivity contribution in [3.8, 4) is 11.4 Å². The number of pyridine rings is 2. The van der Waals surface area contributed by atoms with Gasteiger partial charge < -0.3 is 0 Å². The number of nitrogens with zero attached hydrogens (tertiary/aromatic N) is 2. The third kappa shape index (κ3) is 1.86. The third-order valence-electron chi connectivity index (χ3n) is 1.74. The van der Waals surface area contributed by atoms with Crippen LogP contribution in [0.1, 0.15) is 0 Å². The van der Waals surface area contributed by atoms with Gasteiger partial charge in [-0.1, -0.05) is 0 Å². The second-order valence-electron chi connectivity index (χ2n) is 2.67. The predicted molar refractivity (Wildman–Crippen MR) is 62.9 cm³/mol. The van der Waals surface area contributed by atoms with E-state index in [0.717, 1.165) is 20.3 Å². The molecule has 0 atom stereocenters. The van der Waals surface area contributed by atoms with Gasteiger partial charge in [0.05, 0.1) is 0 Å². The van der Waals surface area contributed by atoms with Crippen molar-refractivity contribution in [1.82, 2.24) is 9.97 Å². The van der Waals surface area contributed by atoms with Gasteiger partial charge in [0.25, 0.3) is 0 Å². The van der Waals surface area contributed by atoms with Crippen molar-refractivity contribution in [3.63, 3.8) is 0 Å². The first kappa shape index (κ1) is 9.80. The molecule has 2 heterocycles. The first-order valence-electron chi connectivity index (χ1n) is 4.00. The number of rotatable bonds is 1. The monoisotopic (exact) mass is 312 g/mol. The van der Waals surface area contributed by atoms with E-state index in [1.165, 1.54) is 0 Å². The maximum Gasteiger partial charge on any atom is 0.104 e. The van der Waals surface area contributed by atoms with Crippen molar-refractivity contribution in [1.29, 1.82) is 0 Å². The molecule has 0 saturated carbocycles. The van der Waals surface area contributed by atoms with Crippen LogP contribution in [0.25, 0.3) is 11.4 Å². The van der Waals surface area contributed by atoms with Gasteiger partial charge in [0, 0.05) is 21.3 Å². The summed E-state index contributed by atoms with van der Waals surface area (Å²) in [6.07, 6.45) is 3.50. The minimum absolute atomic E-state index is 0.847. The highest BCUT2D eigenvalue weighted by Gasteiger charge is 2.07. The van der Waals surface area contributed by atoms with Gasteiger partial charge in [-0.25, -0.2) is 0 Å². The van der Waals surface area contributed by atoms with Crippen LogP contribution in [0.4, 0.5) is 0 Å². The van der Waals surface area contributed by atoms with Gasteiger partial charge in [-0.2, -0.15) is 0 Å². The molecule has 0 radical (unpaired) electrons. The molecule has 0 unspecified atom stereocenters. The van der Waals surface area contributed by atoms with Crippen LogP contribution in [0.2, 0.25) is 0 Å². The standard InChI is InChI=1S/C10H6Br2N2/c11-7-3-1-5-13-9(7)10-8(12)4-2-6-14-10/h1-6H. The predicted octanol–water partition coefficient (Wildman–Crippen LogP) is 3.67.